The first kappa shape index (κ1) is 20.5. The molecule has 0 atom stereocenters. The van der Waals surface area contributed by atoms with Crippen LogP contribution in [0.3, 0.4) is 0 Å². The number of hydrogen-bond acceptors (Lipinski definition) is 5. The van der Waals surface area contributed by atoms with Gasteiger partial charge in [-0.1, -0.05) is 17.7 Å². The summed E-state index contributed by atoms with van der Waals surface area (Å²) in [6.07, 6.45) is 0. The number of morpholine rings is 1. The van der Waals surface area contributed by atoms with Crippen LogP contribution in [-0.2, 0) is 9.53 Å². The highest BCUT2D eigenvalue weighted by molar-refractivity contribution is 6.30. The van der Waals surface area contributed by atoms with Crippen LogP contribution < -0.4 is 20.3 Å². The van der Waals surface area contributed by atoms with E-state index in [0.29, 0.717) is 47.6 Å². The number of halogens is 1. The zero-order valence-corrected chi connectivity index (χ0v) is 17.2. The standard InChI is InChI=1S/C21H23ClN4O4/c22-15-2-1-3-16(12-15)23-21(28)24-17-4-5-19-18(13-17)26(20(27)14-30-19)7-6-25-8-10-29-11-9-25/h1-5,12-13H,6-11,14H2,(H2,23,24,28). The van der Waals surface area contributed by atoms with E-state index < -0.39 is 6.03 Å². The summed E-state index contributed by atoms with van der Waals surface area (Å²) >= 11 is 5.95. The third-order valence-corrected chi connectivity index (χ3v) is 5.22. The summed E-state index contributed by atoms with van der Waals surface area (Å²) in [6, 6.07) is 11.8. The number of amides is 3. The number of nitrogens with zero attached hydrogens (tertiary/aromatic N) is 2. The first-order valence-electron chi connectivity index (χ1n) is 9.79. The molecule has 2 N–H and O–H groups in total. The SMILES string of the molecule is O=C(Nc1cccc(Cl)c1)Nc1ccc2c(c1)N(CCN1CCOCC1)C(=O)CO2. The molecule has 1 fully saturated rings. The molecule has 30 heavy (non-hydrogen) atoms. The molecule has 2 aliphatic heterocycles. The summed E-state index contributed by atoms with van der Waals surface area (Å²) in [5.41, 5.74) is 1.80. The predicted molar refractivity (Wildman–Crippen MR) is 116 cm³/mol. The molecular formula is C21H23ClN4O4. The molecule has 0 saturated carbocycles. The molecule has 0 aromatic heterocycles. The first-order valence-corrected chi connectivity index (χ1v) is 10.2. The summed E-state index contributed by atoms with van der Waals surface area (Å²) < 4.78 is 10.9. The van der Waals surface area contributed by atoms with Crippen LogP contribution in [0, 0.1) is 0 Å². The lowest BCUT2D eigenvalue weighted by Crippen LogP contribution is -2.45. The fourth-order valence-electron chi connectivity index (χ4n) is 3.45. The number of carbonyl (C=O) groups excluding carboxylic acids is 2. The number of anilines is 3. The number of ether oxygens (including phenoxy) is 2. The Morgan fingerprint density at radius 3 is 2.57 bits per heavy atom. The highest BCUT2D eigenvalue weighted by Gasteiger charge is 2.26. The molecule has 2 aromatic rings. The number of nitrogens with one attached hydrogen (secondary N) is 2. The van der Waals surface area contributed by atoms with Gasteiger partial charge in [0.2, 0.25) is 0 Å². The van der Waals surface area contributed by atoms with E-state index in [4.69, 9.17) is 21.1 Å². The van der Waals surface area contributed by atoms with Crippen molar-refractivity contribution in [1.82, 2.24) is 4.90 Å². The lowest BCUT2D eigenvalue weighted by molar-refractivity contribution is -0.121. The van der Waals surface area contributed by atoms with Gasteiger partial charge in [-0.3, -0.25) is 9.69 Å². The molecule has 4 rings (SSSR count). The summed E-state index contributed by atoms with van der Waals surface area (Å²) in [7, 11) is 0. The van der Waals surface area contributed by atoms with Crippen molar-refractivity contribution < 1.29 is 19.1 Å². The highest BCUT2D eigenvalue weighted by Crippen LogP contribution is 2.34. The van der Waals surface area contributed by atoms with Crippen LogP contribution in [0.15, 0.2) is 42.5 Å². The van der Waals surface area contributed by atoms with Crippen LogP contribution in [-0.4, -0.2) is 62.8 Å². The quantitative estimate of drug-likeness (QED) is 0.761. The molecule has 0 unspecified atom stereocenters. The van der Waals surface area contributed by atoms with Crippen molar-refractivity contribution in [3.63, 3.8) is 0 Å². The fraction of sp³-hybridized carbons (Fsp3) is 0.333. The van der Waals surface area contributed by atoms with Gasteiger partial charge in [0, 0.05) is 42.6 Å². The average molecular weight is 431 g/mol. The van der Waals surface area contributed by atoms with Crippen LogP contribution >= 0.6 is 11.6 Å². The molecule has 8 nitrogen and oxygen atoms in total. The fourth-order valence-corrected chi connectivity index (χ4v) is 3.64. The number of hydrogen-bond donors (Lipinski definition) is 2. The molecule has 0 bridgehead atoms. The van der Waals surface area contributed by atoms with E-state index in [9.17, 15) is 9.59 Å². The van der Waals surface area contributed by atoms with Crippen molar-refractivity contribution >= 4 is 40.6 Å². The Labute approximate surface area is 179 Å². The van der Waals surface area contributed by atoms with Gasteiger partial charge in [-0.25, -0.2) is 4.79 Å². The van der Waals surface area contributed by atoms with Gasteiger partial charge < -0.3 is 25.0 Å². The molecule has 0 aliphatic carbocycles. The molecule has 1 saturated heterocycles. The molecule has 3 amide bonds. The van der Waals surface area contributed by atoms with Crippen LogP contribution in [0.5, 0.6) is 5.75 Å². The van der Waals surface area contributed by atoms with Crippen molar-refractivity contribution in [3.05, 3.63) is 47.5 Å². The maximum absolute atomic E-state index is 12.5. The minimum absolute atomic E-state index is 0.0120. The van der Waals surface area contributed by atoms with Gasteiger partial charge in [-0.15, -0.1) is 0 Å². The molecule has 9 heteroatoms. The van der Waals surface area contributed by atoms with Crippen molar-refractivity contribution in [1.29, 1.82) is 0 Å². The van der Waals surface area contributed by atoms with Gasteiger partial charge in [0.25, 0.3) is 5.91 Å². The molecule has 0 radical (unpaired) electrons. The van der Waals surface area contributed by atoms with Gasteiger partial charge >= 0.3 is 6.03 Å². The second-order valence-corrected chi connectivity index (χ2v) is 7.50. The molecule has 2 aromatic carbocycles. The third kappa shape index (κ3) is 5.02. The van der Waals surface area contributed by atoms with Crippen molar-refractivity contribution in [2.45, 2.75) is 0 Å². The highest BCUT2D eigenvalue weighted by atomic mass is 35.5. The van der Waals surface area contributed by atoms with Crippen LogP contribution in [0.4, 0.5) is 21.9 Å². The zero-order chi connectivity index (χ0) is 20.9. The second kappa shape index (κ2) is 9.34. The maximum atomic E-state index is 12.5. The molecular weight excluding hydrogens is 408 g/mol. The Kier molecular flexibility index (Phi) is 6.37. The normalized spacial score (nSPS) is 16.6. The Balaban J connectivity index is 1.44. The van der Waals surface area contributed by atoms with E-state index in [-0.39, 0.29) is 12.5 Å². The van der Waals surface area contributed by atoms with Gasteiger partial charge in [-0.05, 0) is 36.4 Å². The smallest absolute Gasteiger partial charge is 0.323 e. The predicted octanol–water partition coefficient (Wildman–Crippen LogP) is 3.04. The topological polar surface area (TPSA) is 83.1 Å². The van der Waals surface area contributed by atoms with Gasteiger partial charge in [0.05, 0.1) is 18.9 Å². The second-order valence-electron chi connectivity index (χ2n) is 7.06. The lowest BCUT2D eigenvalue weighted by Gasteiger charge is -2.33. The molecule has 2 heterocycles. The van der Waals surface area contributed by atoms with Crippen LogP contribution in [0.2, 0.25) is 5.02 Å². The summed E-state index contributed by atoms with van der Waals surface area (Å²) in [5, 5.41) is 6.06. The average Bonchev–Trinajstić information content (AvgIpc) is 2.74. The maximum Gasteiger partial charge on any atom is 0.323 e. The largest absolute Gasteiger partial charge is 0.482 e. The minimum Gasteiger partial charge on any atom is -0.482 e. The van der Waals surface area contributed by atoms with Crippen LogP contribution in [0.25, 0.3) is 0 Å². The Bertz CT molecular complexity index is 933. The van der Waals surface area contributed by atoms with E-state index in [0.717, 1.165) is 19.6 Å². The summed E-state index contributed by atoms with van der Waals surface area (Å²) in [5.74, 6) is 0.522. The monoisotopic (exact) mass is 430 g/mol. The lowest BCUT2D eigenvalue weighted by atomic mass is 10.2. The molecule has 158 valence electrons. The molecule has 0 spiro atoms. The Morgan fingerprint density at radius 1 is 1.03 bits per heavy atom. The number of rotatable bonds is 5. The first-order chi connectivity index (χ1) is 14.6. The van der Waals surface area contributed by atoms with Gasteiger partial charge in [0.1, 0.15) is 5.75 Å². The third-order valence-electron chi connectivity index (χ3n) is 4.99. The number of benzene rings is 2. The van der Waals surface area contributed by atoms with Gasteiger partial charge in [-0.2, -0.15) is 0 Å². The summed E-state index contributed by atoms with van der Waals surface area (Å²) in [4.78, 5) is 28.8. The number of carbonyl (C=O) groups is 2. The van der Waals surface area contributed by atoms with Gasteiger partial charge in [0.15, 0.2) is 6.61 Å². The van der Waals surface area contributed by atoms with Crippen molar-refractivity contribution in [2.24, 2.45) is 0 Å². The summed E-state index contributed by atoms with van der Waals surface area (Å²) in [6.45, 7) is 4.45. The number of urea groups is 1. The van der Waals surface area contributed by atoms with E-state index in [2.05, 4.69) is 15.5 Å². The van der Waals surface area contributed by atoms with E-state index in [1.54, 1.807) is 47.4 Å². The van der Waals surface area contributed by atoms with E-state index in [1.807, 2.05) is 0 Å². The minimum atomic E-state index is -0.403. The van der Waals surface area contributed by atoms with E-state index >= 15 is 0 Å². The Hall–Kier alpha value is -2.81. The van der Waals surface area contributed by atoms with Crippen LogP contribution in [0.1, 0.15) is 0 Å². The zero-order valence-electron chi connectivity index (χ0n) is 16.4. The van der Waals surface area contributed by atoms with Crippen molar-refractivity contribution in [2.75, 3.05) is 61.5 Å². The van der Waals surface area contributed by atoms with E-state index in [1.165, 1.54) is 0 Å². The van der Waals surface area contributed by atoms with Crippen molar-refractivity contribution in [3.8, 4) is 5.75 Å². The number of fused-ring (bicyclic) bond motifs is 1. The Morgan fingerprint density at radius 2 is 1.80 bits per heavy atom. The molecule has 2 aliphatic rings.